The molecule has 1 aromatic heterocycles. The van der Waals surface area contributed by atoms with Crippen LogP contribution in [-0.4, -0.2) is 19.2 Å². The molecule has 8 heteroatoms. The van der Waals surface area contributed by atoms with E-state index in [0.717, 1.165) is 11.1 Å². The van der Waals surface area contributed by atoms with E-state index in [1.165, 1.54) is 12.1 Å². The highest BCUT2D eigenvalue weighted by molar-refractivity contribution is 7.89. The van der Waals surface area contributed by atoms with Crippen LogP contribution in [-0.2, 0) is 10.0 Å². The minimum atomic E-state index is -3.82. The lowest BCUT2D eigenvalue weighted by Gasteiger charge is -2.07. The summed E-state index contributed by atoms with van der Waals surface area (Å²) in [7, 11) is -3.82. The first-order valence-corrected chi connectivity index (χ1v) is 11.4. The average molecular weight is 461 g/mol. The van der Waals surface area contributed by atoms with Gasteiger partial charge in [0.25, 0.3) is 0 Å². The zero-order valence-electron chi connectivity index (χ0n) is 16.7. The lowest BCUT2D eigenvalue weighted by Crippen LogP contribution is -2.11. The number of aliphatic imine (C=N–C) groups is 1. The molecule has 0 atom stereocenters. The minimum Gasteiger partial charge on any atom is -0.300 e. The number of primary sulfonamides is 1. The molecule has 158 valence electrons. The van der Waals surface area contributed by atoms with Gasteiger partial charge in [0.15, 0.2) is 5.82 Å². The van der Waals surface area contributed by atoms with Gasteiger partial charge in [0.1, 0.15) is 11.6 Å². The quantitative estimate of drug-likeness (QED) is 0.421. The van der Waals surface area contributed by atoms with Gasteiger partial charge in [-0.15, -0.1) is 0 Å². The van der Waals surface area contributed by atoms with Crippen molar-refractivity contribution in [2.24, 2.45) is 10.1 Å². The molecular weight excluding hydrogens is 444 g/mol. The smallest absolute Gasteiger partial charge is 0.238 e. The summed E-state index contributed by atoms with van der Waals surface area (Å²) < 4.78 is 25.0. The van der Waals surface area contributed by atoms with E-state index < -0.39 is 10.0 Å². The first-order valence-electron chi connectivity index (χ1n) is 9.50. The van der Waals surface area contributed by atoms with E-state index in [9.17, 15) is 13.7 Å². The summed E-state index contributed by atoms with van der Waals surface area (Å²) in [5.74, 6) is 0.421. The Morgan fingerprint density at radius 3 is 2.22 bits per heavy atom. The van der Waals surface area contributed by atoms with Crippen molar-refractivity contribution in [2.75, 3.05) is 0 Å². The molecule has 2 N–H and O–H groups in total. The molecular formula is C24H17ClN4O2S. The maximum absolute atomic E-state index is 11.6. The van der Waals surface area contributed by atoms with E-state index in [0.29, 0.717) is 27.7 Å². The van der Waals surface area contributed by atoms with Crippen molar-refractivity contribution >= 4 is 33.7 Å². The normalized spacial score (nSPS) is 11.5. The third-order valence-corrected chi connectivity index (χ3v) is 6.01. The van der Waals surface area contributed by atoms with Gasteiger partial charge in [0.2, 0.25) is 10.0 Å². The largest absolute Gasteiger partial charge is 0.300 e. The highest BCUT2D eigenvalue weighted by atomic mass is 35.5. The highest BCUT2D eigenvalue weighted by Crippen LogP contribution is 2.35. The lowest BCUT2D eigenvalue weighted by molar-refractivity contribution is 0.598. The predicted octanol–water partition coefficient (Wildman–Crippen LogP) is 5.07. The number of hydrogen-bond donors (Lipinski definition) is 1. The van der Waals surface area contributed by atoms with E-state index >= 15 is 0 Å². The summed E-state index contributed by atoms with van der Waals surface area (Å²) in [6.07, 6.45) is 3.47. The van der Waals surface area contributed by atoms with E-state index in [1.807, 2.05) is 42.5 Å². The Kier molecular flexibility index (Phi) is 5.93. The third-order valence-electron chi connectivity index (χ3n) is 4.83. The first kappa shape index (κ1) is 21.5. The van der Waals surface area contributed by atoms with Crippen LogP contribution in [0.25, 0.3) is 16.8 Å². The topological polar surface area (TPSA) is 101 Å². The Hall–Kier alpha value is -3.70. The standard InChI is InChI=1S/C24H17ClN4O2S/c25-19-8-6-18(7-9-19)23-16-29(20-10-12-21(13-11-20)32(27,30)31)24(22(23)14-26)28-15-17-4-2-1-3-5-17/h1-13,15-16H,(H2,27,30,31)/b28-15+. The summed E-state index contributed by atoms with van der Waals surface area (Å²) >= 11 is 6.02. The van der Waals surface area contributed by atoms with Crippen molar-refractivity contribution in [2.45, 2.75) is 4.90 Å². The van der Waals surface area contributed by atoms with Crippen LogP contribution < -0.4 is 5.14 Å². The van der Waals surface area contributed by atoms with Crippen LogP contribution in [0.4, 0.5) is 5.82 Å². The van der Waals surface area contributed by atoms with Gasteiger partial charge in [0.05, 0.1) is 4.90 Å². The summed E-state index contributed by atoms with van der Waals surface area (Å²) in [5, 5.41) is 15.8. The SMILES string of the molecule is N#Cc1c(-c2ccc(Cl)cc2)cn(-c2ccc(S(N)(=O)=O)cc2)c1/N=C/c1ccccc1. The number of nitrogens with two attached hydrogens (primary N) is 1. The van der Waals surface area contributed by atoms with Crippen LogP contribution in [0, 0.1) is 11.3 Å². The fraction of sp³-hybridized carbons (Fsp3) is 0. The molecule has 6 nitrogen and oxygen atoms in total. The monoisotopic (exact) mass is 460 g/mol. The van der Waals surface area contributed by atoms with Gasteiger partial charge < -0.3 is 4.57 Å². The summed E-state index contributed by atoms with van der Waals surface area (Å²) in [6.45, 7) is 0. The van der Waals surface area contributed by atoms with E-state index in [1.54, 1.807) is 41.2 Å². The highest BCUT2D eigenvalue weighted by Gasteiger charge is 2.18. The Morgan fingerprint density at radius 2 is 1.62 bits per heavy atom. The molecule has 0 radical (unpaired) electrons. The number of aromatic nitrogens is 1. The molecule has 4 rings (SSSR count). The van der Waals surface area contributed by atoms with Crippen molar-refractivity contribution in [3.05, 3.63) is 101 Å². The van der Waals surface area contributed by atoms with Crippen LogP contribution in [0.1, 0.15) is 11.1 Å². The maximum atomic E-state index is 11.6. The number of sulfonamides is 1. The minimum absolute atomic E-state index is 0.00109. The van der Waals surface area contributed by atoms with Crippen molar-refractivity contribution in [1.82, 2.24) is 4.57 Å². The van der Waals surface area contributed by atoms with Crippen LogP contribution in [0.2, 0.25) is 5.02 Å². The second kappa shape index (κ2) is 8.81. The Balaban J connectivity index is 1.90. The Labute approximate surface area is 190 Å². The van der Waals surface area contributed by atoms with E-state index in [4.69, 9.17) is 16.7 Å². The van der Waals surface area contributed by atoms with Gasteiger partial charge in [-0.25, -0.2) is 18.5 Å². The van der Waals surface area contributed by atoms with Gasteiger partial charge >= 0.3 is 0 Å². The van der Waals surface area contributed by atoms with Gasteiger partial charge in [-0.3, -0.25) is 0 Å². The summed E-state index contributed by atoms with van der Waals surface area (Å²) in [5.41, 5.74) is 3.38. The third kappa shape index (κ3) is 4.48. The number of nitrogens with zero attached hydrogens (tertiary/aromatic N) is 3. The zero-order chi connectivity index (χ0) is 22.7. The molecule has 0 saturated carbocycles. The number of rotatable bonds is 5. The molecule has 0 aliphatic heterocycles. The molecule has 4 aromatic rings. The predicted molar refractivity (Wildman–Crippen MR) is 126 cm³/mol. The number of hydrogen-bond acceptors (Lipinski definition) is 4. The summed E-state index contributed by atoms with van der Waals surface area (Å²) in [6, 6.07) is 25.0. The number of halogens is 1. The molecule has 0 amide bonds. The number of benzene rings is 3. The fourth-order valence-electron chi connectivity index (χ4n) is 3.25. The van der Waals surface area contributed by atoms with Crippen molar-refractivity contribution in [3.8, 4) is 22.9 Å². The summed E-state index contributed by atoms with van der Waals surface area (Å²) in [4.78, 5) is 4.61. The average Bonchev–Trinajstić information content (AvgIpc) is 3.17. The van der Waals surface area contributed by atoms with Crippen LogP contribution in [0.3, 0.4) is 0 Å². The first-order chi connectivity index (χ1) is 15.4. The molecule has 0 saturated heterocycles. The molecule has 0 aliphatic rings. The van der Waals surface area contributed by atoms with Gasteiger partial charge in [-0.2, -0.15) is 5.26 Å². The molecule has 0 spiro atoms. The zero-order valence-corrected chi connectivity index (χ0v) is 18.3. The van der Waals surface area contributed by atoms with Crippen molar-refractivity contribution in [3.63, 3.8) is 0 Å². The number of nitriles is 1. The molecule has 32 heavy (non-hydrogen) atoms. The Bertz CT molecular complexity index is 1440. The van der Waals surface area contributed by atoms with Gasteiger partial charge in [-0.05, 0) is 47.5 Å². The van der Waals surface area contributed by atoms with Gasteiger partial charge in [-0.1, -0.05) is 54.1 Å². The van der Waals surface area contributed by atoms with Gasteiger partial charge in [0, 0.05) is 28.7 Å². The second-order valence-electron chi connectivity index (χ2n) is 6.94. The van der Waals surface area contributed by atoms with E-state index in [2.05, 4.69) is 11.1 Å². The second-order valence-corrected chi connectivity index (χ2v) is 8.94. The molecule has 1 heterocycles. The molecule has 0 bridgehead atoms. The Morgan fingerprint density at radius 1 is 0.969 bits per heavy atom. The molecule has 3 aromatic carbocycles. The van der Waals surface area contributed by atoms with Crippen LogP contribution >= 0.6 is 11.6 Å². The molecule has 0 unspecified atom stereocenters. The fourth-order valence-corrected chi connectivity index (χ4v) is 3.89. The molecule has 0 fully saturated rings. The van der Waals surface area contributed by atoms with Crippen LogP contribution in [0.5, 0.6) is 0 Å². The molecule has 0 aliphatic carbocycles. The van der Waals surface area contributed by atoms with Crippen LogP contribution in [0.15, 0.2) is 94.9 Å². The maximum Gasteiger partial charge on any atom is 0.238 e. The van der Waals surface area contributed by atoms with Crippen molar-refractivity contribution in [1.29, 1.82) is 5.26 Å². The lowest BCUT2D eigenvalue weighted by atomic mass is 10.1. The van der Waals surface area contributed by atoms with Crippen molar-refractivity contribution < 1.29 is 8.42 Å². The van der Waals surface area contributed by atoms with E-state index in [-0.39, 0.29) is 4.90 Å².